The van der Waals surface area contributed by atoms with Crippen molar-refractivity contribution in [2.24, 2.45) is 0 Å². The number of benzene rings is 2. The lowest BCUT2D eigenvalue weighted by atomic mass is 9.96. The fraction of sp³-hybridized carbons (Fsp3) is 0.370. The van der Waals surface area contributed by atoms with E-state index in [2.05, 4.69) is 22.5 Å². The Balaban J connectivity index is 1.21. The minimum absolute atomic E-state index is 0.0739. The van der Waals surface area contributed by atoms with Crippen LogP contribution in [0.1, 0.15) is 60.8 Å². The van der Waals surface area contributed by atoms with Crippen LogP contribution in [-0.4, -0.2) is 39.6 Å². The van der Waals surface area contributed by atoms with Crippen LogP contribution in [-0.2, 0) is 16.0 Å². The second-order valence-electron chi connectivity index (χ2n) is 9.19. The van der Waals surface area contributed by atoms with E-state index in [9.17, 15) is 14.7 Å². The third-order valence-corrected chi connectivity index (χ3v) is 6.98. The number of rotatable bonds is 7. The Morgan fingerprint density at radius 3 is 2.32 bits per heavy atom. The normalized spacial score (nSPS) is 16.5. The zero-order chi connectivity index (χ0) is 23.5. The van der Waals surface area contributed by atoms with Gasteiger partial charge in [-0.1, -0.05) is 67.8 Å². The standard InChI is InChI=1S/C27H29N3O4/c31-26(32)25(14-18-15-28-30(16-18)19-8-2-1-3-9-19)29-27(33)34-17-24-22-12-6-4-10-20(22)21-11-5-7-13-23(21)24/h4-7,10-13,15-16,19,24-25H,1-3,8-9,14,17H2,(H,29,33)(H,31,32). The largest absolute Gasteiger partial charge is 0.480 e. The van der Waals surface area contributed by atoms with Crippen molar-refractivity contribution in [3.05, 3.63) is 77.6 Å². The van der Waals surface area contributed by atoms with E-state index in [1.165, 1.54) is 19.3 Å². The second kappa shape index (κ2) is 9.71. The first-order valence-electron chi connectivity index (χ1n) is 12.0. The third kappa shape index (κ3) is 4.55. The molecule has 0 spiro atoms. The number of carboxylic acid groups (broad SMARTS) is 1. The summed E-state index contributed by atoms with van der Waals surface area (Å²) < 4.78 is 7.47. The maximum atomic E-state index is 12.6. The highest BCUT2D eigenvalue weighted by molar-refractivity contribution is 5.81. The molecule has 2 N–H and O–H groups in total. The lowest BCUT2D eigenvalue weighted by molar-refractivity contribution is -0.139. The molecule has 0 aliphatic heterocycles. The molecule has 7 nitrogen and oxygen atoms in total. The third-order valence-electron chi connectivity index (χ3n) is 6.98. The van der Waals surface area contributed by atoms with Gasteiger partial charge in [0.15, 0.2) is 0 Å². The van der Waals surface area contributed by atoms with E-state index in [0.29, 0.717) is 6.04 Å². The number of hydrogen-bond donors (Lipinski definition) is 2. The van der Waals surface area contributed by atoms with Crippen molar-refractivity contribution in [3.63, 3.8) is 0 Å². The van der Waals surface area contributed by atoms with E-state index in [1.54, 1.807) is 6.20 Å². The molecule has 1 saturated carbocycles. The van der Waals surface area contributed by atoms with Gasteiger partial charge >= 0.3 is 12.1 Å². The summed E-state index contributed by atoms with van der Waals surface area (Å²) >= 11 is 0. The van der Waals surface area contributed by atoms with Crippen LogP contribution in [0.3, 0.4) is 0 Å². The number of fused-ring (bicyclic) bond motifs is 3. The first-order chi connectivity index (χ1) is 16.6. The summed E-state index contributed by atoms with van der Waals surface area (Å²) in [5.74, 6) is -1.17. The van der Waals surface area contributed by atoms with Crippen LogP contribution in [0.2, 0.25) is 0 Å². The summed E-state index contributed by atoms with van der Waals surface area (Å²) in [6, 6.07) is 15.5. The topological polar surface area (TPSA) is 93.5 Å². The molecule has 0 saturated heterocycles. The van der Waals surface area contributed by atoms with Crippen molar-refractivity contribution < 1.29 is 19.4 Å². The number of nitrogens with one attached hydrogen (secondary N) is 1. The molecule has 3 aromatic rings. The molecular formula is C27H29N3O4. The number of nitrogens with zero attached hydrogens (tertiary/aromatic N) is 2. The maximum absolute atomic E-state index is 12.6. The van der Waals surface area contributed by atoms with Gasteiger partial charge in [-0.05, 0) is 40.7 Å². The van der Waals surface area contributed by atoms with E-state index in [-0.39, 0.29) is 18.9 Å². The second-order valence-corrected chi connectivity index (χ2v) is 9.19. The van der Waals surface area contributed by atoms with Gasteiger partial charge in [0.2, 0.25) is 0 Å². The summed E-state index contributed by atoms with van der Waals surface area (Å²) in [6.45, 7) is 0.145. The molecule has 1 amide bonds. The maximum Gasteiger partial charge on any atom is 0.407 e. The van der Waals surface area contributed by atoms with Gasteiger partial charge in [0.05, 0.1) is 12.2 Å². The molecule has 1 unspecified atom stereocenters. The predicted molar refractivity (Wildman–Crippen MR) is 128 cm³/mol. The molecule has 0 radical (unpaired) electrons. The zero-order valence-corrected chi connectivity index (χ0v) is 19.0. The van der Waals surface area contributed by atoms with Crippen LogP contribution >= 0.6 is 0 Å². The number of aromatic nitrogens is 2. The van der Waals surface area contributed by atoms with Crippen molar-refractivity contribution in [1.82, 2.24) is 15.1 Å². The molecule has 1 atom stereocenters. The average Bonchev–Trinajstić information content (AvgIpc) is 3.46. The highest BCUT2D eigenvalue weighted by atomic mass is 16.5. The quantitative estimate of drug-likeness (QED) is 0.523. The predicted octanol–water partition coefficient (Wildman–Crippen LogP) is 4.92. The minimum Gasteiger partial charge on any atom is -0.480 e. The van der Waals surface area contributed by atoms with Crippen molar-refractivity contribution >= 4 is 12.1 Å². The van der Waals surface area contributed by atoms with Gasteiger partial charge in [-0.2, -0.15) is 5.10 Å². The molecule has 0 bridgehead atoms. The molecule has 34 heavy (non-hydrogen) atoms. The fourth-order valence-corrected chi connectivity index (χ4v) is 5.25. The van der Waals surface area contributed by atoms with Crippen LogP contribution < -0.4 is 5.32 Å². The molecule has 176 valence electrons. The molecule has 1 heterocycles. The van der Waals surface area contributed by atoms with Crippen LogP contribution in [0.25, 0.3) is 11.1 Å². The van der Waals surface area contributed by atoms with Crippen molar-refractivity contribution in [1.29, 1.82) is 0 Å². The van der Waals surface area contributed by atoms with Gasteiger partial charge in [-0.15, -0.1) is 0 Å². The highest BCUT2D eigenvalue weighted by Gasteiger charge is 2.30. The first kappa shape index (κ1) is 22.2. The number of carbonyl (C=O) groups is 2. The summed E-state index contributed by atoms with van der Waals surface area (Å²) in [4.78, 5) is 24.4. The molecule has 5 rings (SSSR count). The smallest absolute Gasteiger partial charge is 0.407 e. The molecule has 7 heteroatoms. The number of aliphatic carboxylic acids is 1. The van der Waals surface area contributed by atoms with E-state index in [1.807, 2.05) is 47.3 Å². The summed E-state index contributed by atoms with van der Waals surface area (Å²) in [5, 5.41) is 16.7. The Kier molecular flexibility index (Phi) is 6.34. The minimum atomic E-state index is -1.10. The lowest BCUT2D eigenvalue weighted by Crippen LogP contribution is -2.42. The van der Waals surface area contributed by atoms with Crippen molar-refractivity contribution in [2.75, 3.05) is 6.61 Å². The lowest BCUT2D eigenvalue weighted by Gasteiger charge is -2.21. The number of ether oxygens (including phenoxy) is 1. The Morgan fingerprint density at radius 2 is 1.68 bits per heavy atom. The molecule has 1 aromatic heterocycles. The van der Waals surface area contributed by atoms with Gasteiger partial charge in [-0.3, -0.25) is 4.68 Å². The van der Waals surface area contributed by atoms with Crippen LogP contribution in [0.5, 0.6) is 0 Å². The zero-order valence-electron chi connectivity index (χ0n) is 19.0. The molecule has 2 aliphatic carbocycles. The summed E-state index contributed by atoms with van der Waals surface area (Å²) in [6.07, 6.45) is 8.89. The van der Waals surface area contributed by atoms with E-state index >= 15 is 0 Å². The summed E-state index contributed by atoms with van der Waals surface area (Å²) in [5.41, 5.74) is 5.30. The molecule has 2 aliphatic rings. The number of carboxylic acids is 1. The molecule has 1 fully saturated rings. The monoisotopic (exact) mass is 459 g/mol. The van der Waals surface area contributed by atoms with E-state index in [4.69, 9.17) is 4.74 Å². The number of alkyl carbamates (subject to hydrolysis) is 1. The van der Waals surface area contributed by atoms with Gasteiger partial charge in [0.25, 0.3) is 0 Å². The SMILES string of the molecule is O=C(NC(Cc1cnn(C2CCCCC2)c1)C(=O)O)OCC1c2ccccc2-c2ccccc21. The Labute approximate surface area is 198 Å². The first-order valence-corrected chi connectivity index (χ1v) is 12.0. The molecule has 2 aromatic carbocycles. The van der Waals surface area contributed by atoms with Crippen LogP contribution in [0, 0.1) is 0 Å². The Morgan fingerprint density at radius 1 is 1.03 bits per heavy atom. The van der Waals surface area contributed by atoms with E-state index < -0.39 is 18.1 Å². The van der Waals surface area contributed by atoms with Crippen LogP contribution in [0.15, 0.2) is 60.9 Å². The van der Waals surface area contributed by atoms with E-state index in [0.717, 1.165) is 40.7 Å². The Hall–Kier alpha value is -3.61. The van der Waals surface area contributed by atoms with Gasteiger partial charge < -0.3 is 15.2 Å². The number of carbonyl (C=O) groups excluding carboxylic acids is 1. The van der Waals surface area contributed by atoms with Gasteiger partial charge in [0, 0.05) is 18.5 Å². The molecular weight excluding hydrogens is 430 g/mol. The fourth-order valence-electron chi connectivity index (χ4n) is 5.25. The average molecular weight is 460 g/mol. The van der Waals surface area contributed by atoms with Crippen molar-refractivity contribution in [3.8, 4) is 11.1 Å². The summed E-state index contributed by atoms with van der Waals surface area (Å²) in [7, 11) is 0. The number of hydrogen-bond acceptors (Lipinski definition) is 4. The van der Waals surface area contributed by atoms with Crippen LogP contribution in [0.4, 0.5) is 4.79 Å². The highest BCUT2D eigenvalue weighted by Crippen LogP contribution is 2.44. The van der Waals surface area contributed by atoms with Gasteiger partial charge in [0.1, 0.15) is 12.6 Å². The number of amides is 1. The van der Waals surface area contributed by atoms with Gasteiger partial charge in [-0.25, -0.2) is 9.59 Å². The Bertz CT molecular complexity index is 1140. The van der Waals surface area contributed by atoms with Crippen molar-refractivity contribution in [2.45, 2.75) is 56.5 Å².